The molecule has 22 heavy (non-hydrogen) atoms. The van der Waals surface area contributed by atoms with E-state index < -0.39 is 23.7 Å². The van der Waals surface area contributed by atoms with Crippen LogP contribution in [0.1, 0.15) is 53.4 Å². The van der Waals surface area contributed by atoms with Crippen molar-refractivity contribution < 1.29 is 21.7 Å². The van der Waals surface area contributed by atoms with Gasteiger partial charge in [0.2, 0.25) is 10.0 Å². The number of sulfonamides is 1. The second-order valence-corrected chi connectivity index (χ2v) is 9.52. The third-order valence-electron chi connectivity index (χ3n) is 3.01. The first-order valence-corrected chi connectivity index (χ1v) is 11.0. The fraction of sp³-hybridized carbons (Fsp3) is 1.00. The van der Waals surface area contributed by atoms with E-state index in [2.05, 4.69) is 9.43 Å². The third kappa shape index (κ3) is 6.23. The smallest absolute Gasteiger partial charge is 0.373 e. The summed E-state index contributed by atoms with van der Waals surface area (Å²) in [5, 5.41) is 0. The SMILES string of the molecule is CCCCCC([Si](OCC)(OCC)OCC)S(=O)(=O)N=[N+]=[N-]. The molecule has 0 aromatic carbocycles. The monoisotopic (exact) mass is 353 g/mol. The molecule has 0 heterocycles. The van der Waals surface area contributed by atoms with E-state index >= 15 is 0 Å². The Morgan fingerprint density at radius 1 is 1.05 bits per heavy atom. The third-order valence-corrected chi connectivity index (χ3v) is 9.18. The zero-order valence-corrected chi connectivity index (χ0v) is 15.6. The summed E-state index contributed by atoms with van der Waals surface area (Å²) < 4.78 is 44.7. The molecule has 0 radical (unpaired) electrons. The summed E-state index contributed by atoms with van der Waals surface area (Å²) in [4.78, 5) is 1.38. The van der Waals surface area contributed by atoms with Gasteiger partial charge >= 0.3 is 8.80 Å². The molecule has 0 aliphatic heterocycles. The van der Waals surface area contributed by atoms with Crippen molar-refractivity contribution in [2.24, 2.45) is 4.52 Å². The lowest BCUT2D eigenvalue weighted by atomic mass is 10.2. The van der Waals surface area contributed by atoms with Gasteiger partial charge in [-0.3, -0.25) is 0 Å². The van der Waals surface area contributed by atoms with Crippen LogP contribution in [0.25, 0.3) is 10.4 Å². The second kappa shape index (κ2) is 11.0. The molecule has 0 aliphatic carbocycles. The van der Waals surface area contributed by atoms with Gasteiger partial charge in [0.25, 0.3) is 0 Å². The van der Waals surface area contributed by atoms with Crippen molar-refractivity contribution in [1.29, 1.82) is 0 Å². The van der Waals surface area contributed by atoms with E-state index in [4.69, 9.17) is 18.8 Å². The van der Waals surface area contributed by atoms with Crippen molar-refractivity contribution in [3.8, 4) is 0 Å². The molecule has 8 nitrogen and oxygen atoms in total. The molecule has 0 saturated carbocycles. The molecular weight excluding hydrogens is 326 g/mol. The van der Waals surface area contributed by atoms with Gasteiger partial charge in [-0.25, -0.2) is 8.42 Å². The quantitative estimate of drug-likeness (QED) is 0.166. The van der Waals surface area contributed by atoms with Gasteiger partial charge in [-0.2, -0.15) is 0 Å². The minimum absolute atomic E-state index is 0.266. The van der Waals surface area contributed by atoms with Gasteiger partial charge in [0.05, 0.1) is 0 Å². The van der Waals surface area contributed by atoms with E-state index in [0.29, 0.717) is 12.8 Å². The summed E-state index contributed by atoms with van der Waals surface area (Å²) >= 11 is 0. The molecule has 0 rings (SSSR count). The van der Waals surface area contributed by atoms with Crippen LogP contribution in [-0.2, 0) is 23.3 Å². The largest absolute Gasteiger partial charge is 0.520 e. The summed E-state index contributed by atoms with van der Waals surface area (Å²) in [5.41, 5.74) is 8.55. The summed E-state index contributed by atoms with van der Waals surface area (Å²) in [6, 6.07) is 0. The van der Waals surface area contributed by atoms with Gasteiger partial charge in [-0.15, -0.1) is 0 Å². The lowest BCUT2D eigenvalue weighted by Gasteiger charge is -2.33. The van der Waals surface area contributed by atoms with Crippen molar-refractivity contribution in [2.75, 3.05) is 19.8 Å². The lowest BCUT2D eigenvalue weighted by molar-refractivity contribution is 0.0678. The van der Waals surface area contributed by atoms with Crippen LogP contribution in [0, 0.1) is 0 Å². The Morgan fingerprint density at radius 3 is 1.91 bits per heavy atom. The predicted molar refractivity (Wildman–Crippen MR) is 86.6 cm³/mol. The molecule has 0 spiro atoms. The normalized spacial score (nSPS) is 13.6. The lowest BCUT2D eigenvalue weighted by Crippen LogP contribution is -2.59. The molecule has 0 amide bonds. The van der Waals surface area contributed by atoms with Crippen LogP contribution in [0.3, 0.4) is 0 Å². The van der Waals surface area contributed by atoms with Crippen LogP contribution >= 0.6 is 0 Å². The Hall–Kier alpha value is -0.643. The Morgan fingerprint density at radius 2 is 1.55 bits per heavy atom. The molecule has 0 N–H and O–H groups in total. The maximum absolute atomic E-state index is 12.4. The highest BCUT2D eigenvalue weighted by molar-refractivity contribution is 7.92. The van der Waals surface area contributed by atoms with Crippen molar-refractivity contribution in [2.45, 2.75) is 58.3 Å². The van der Waals surface area contributed by atoms with Crippen LogP contribution in [0.15, 0.2) is 4.52 Å². The summed E-state index contributed by atoms with van der Waals surface area (Å²) in [6.45, 7) is 8.08. The molecule has 0 fully saturated rings. The zero-order chi connectivity index (χ0) is 17.1. The highest BCUT2D eigenvalue weighted by Gasteiger charge is 2.55. The number of hydrogen-bond acceptors (Lipinski definition) is 5. The molecule has 0 aliphatic rings. The van der Waals surface area contributed by atoms with Crippen LogP contribution in [0.4, 0.5) is 0 Å². The Kier molecular flexibility index (Phi) is 10.7. The maximum Gasteiger partial charge on any atom is 0.520 e. The van der Waals surface area contributed by atoms with E-state index in [-0.39, 0.29) is 19.8 Å². The molecule has 130 valence electrons. The first-order chi connectivity index (χ1) is 10.4. The average molecular weight is 354 g/mol. The van der Waals surface area contributed by atoms with Gasteiger partial charge in [0.15, 0.2) is 0 Å². The predicted octanol–water partition coefficient (Wildman–Crippen LogP) is 3.16. The Balaban J connectivity index is 5.74. The zero-order valence-electron chi connectivity index (χ0n) is 13.8. The molecule has 10 heteroatoms. The van der Waals surface area contributed by atoms with Gasteiger partial charge in [0, 0.05) is 29.3 Å². The number of nitrogens with zero attached hydrogens (tertiary/aromatic N) is 3. The molecule has 0 bridgehead atoms. The Bertz CT molecular complexity index is 437. The molecule has 0 aromatic rings. The molecule has 0 aromatic heterocycles. The number of hydrogen-bond donors (Lipinski definition) is 0. The highest BCUT2D eigenvalue weighted by Crippen LogP contribution is 2.27. The van der Waals surface area contributed by atoms with Gasteiger partial charge < -0.3 is 13.3 Å². The van der Waals surface area contributed by atoms with Crippen LogP contribution in [0.2, 0.25) is 0 Å². The van der Waals surface area contributed by atoms with Crippen molar-refractivity contribution in [3.63, 3.8) is 0 Å². The van der Waals surface area contributed by atoms with E-state index in [0.717, 1.165) is 12.8 Å². The number of unbranched alkanes of at least 4 members (excludes halogenated alkanes) is 2. The standard InChI is InChI=1S/C12H27N3O5SSi/c1-5-9-10-11-12(21(16,17)15-14-13)22(18-6-2,19-7-3)20-8-4/h12H,5-11H2,1-4H3. The Labute approximate surface area is 134 Å². The first-order valence-electron chi connectivity index (χ1n) is 7.66. The summed E-state index contributed by atoms with van der Waals surface area (Å²) in [6.07, 6.45) is 2.78. The first kappa shape index (κ1) is 21.4. The number of azide groups is 1. The van der Waals surface area contributed by atoms with E-state index in [1.54, 1.807) is 20.8 Å². The molecular formula is C12H27N3O5SSi. The van der Waals surface area contributed by atoms with Crippen LogP contribution < -0.4 is 0 Å². The molecule has 1 unspecified atom stereocenters. The summed E-state index contributed by atoms with van der Waals surface area (Å²) in [7, 11) is -7.58. The number of rotatable bonds is 13. The minimum Gasteiger partial charge on any atom is -0.373 e. The molecule has 1 atom stereocenters. The summed E-state index contributed by atoms with van der Waals surface area (Å²) in [5.74, 6) is 0. The van der Waals surface area contributed by atoms with Gasteiger partial charge in [-0.05, 0) is 32.7 Å². The van der Waals surface area contributed by atoms with E-state index in [1.807, 2.05) is 6.92 Å². The van der Waals surface area contributed by atoms with Crippen LogP contribution in [0.5, 0.6) is 0 Å². The van der Waals surface area contributed by atoms with Gasteiger partial charge in [0.1, 0.15) is 4.87 Å². The second-order valence-electron chi connectivity index (χ2n) is 4.57. The van der Waals surface area contributed by atoms with Crippen molar-refractivity contribution in [1.82, 2.24) is 0 Å². The van der Waals surface area contributed by atoms with Crippen LogP contribution in [-0.4, -0.2) is 41.9 Å². The topological polar surface area (TPSA) is 111 Å². The average Bonchev–Trinajstić information content (AvgIpc) is 2.44. The van der Waals surface area contributed by atoms with E-state index in [9.17, 15) is 8.42 Å². The fourth-order valence-electron chi connectivity index (χ4n) is 2.20. The van der Waals surface area contributed by atoms with Crippen molar-refractivity contribution >= 4 is 18.8 Å². The molecule has 0 saturated heterocycles. The minimum atomic E-state index is -4.08. The van der Waals surface area contributed by atoms with Gasteiger partial charge in [-0.1, -0.05) is 26.2 Å². The highest BCUT2D eigenvalue weighted by atomic mass is 32.2. The maximum atomic E-state index is 12.4. The van der Waals surface area contributed by atoms with Crippen molar-refractivity contribution in [3.05, 3.63) is 10.4 Å². The fourth-order valence-corrected chi connectivity index (χ4v) is 7.67. The van der Waals surface area contributed by atoms with E-state index in [1.165, 1.54) is 0 Å².